The molecule has 0 saturated carbocycles. The average Bonchev–Trinajstić information content (AvgIpc) is 3.53. The number of fused-ring (bicyclic) bond motifs is 2. The molecule has 2 amide bonds. The molecule has 4 aromatic carbocycles. The summed E-state index contributed by atoms with van der Waals surface area (Å²) in [5.74, 6) is 0.812. The normalized spacial score (nSPS) is 22.9. The second kappa shape index (κ2) is 14.5. The van der Waals surface area contributed by atoms with E-state index in [-0.39, 0.29) is 17.7 Å². The number of hydrogen-bond acceptors (Lipinski definition) is 6. The second-order valence-electron chi connectivity index (χ2n) is 15.8. The highest BCUT2D eigenvalue weighted by atomic mass is 16.2. The maximum atomic E-state index is 12.6. The quantitative estimate of drug-likeness (QED) is 0.184. The molecule has 0 radical (unpaired) electrons. The molecule has 0 bridgehead atoms. The van der Waals surface area contributed by atoms with Crippen molar-refractivity contribution >= 4 is 34.1 Å². The molecule has 1 aliphatic carbocycles. The highest BCUT2D eigenvalue weighted by Gasteiger charge is 2.33. The summed E-state index contributed by atoms with van der Waals surface area (Å²) in [7, 11) is 1.94. The Labute approximate surface area is 312 Å². The number of piperidine rings is 2. The minimum absolute atomic E-state index is 0.196. The highest BCUT2D eigenvalue weighted by Crippen LogP contribution is 2.46. The third-order valence-corrected chi connectivity index (χ3v) is 12.7. The maximum Gasteiger partial charge on any atom is 0.235 e. The van der Waals surface area contributed by atoms with Crippen molar-refractivity contribution in [2.24, 2.45) is 13.0 Å². The van der Waals surface area contributed by atoms with Crippen molar-refractivity contribution in [3.8, 4) is 0 Å². The molecule has 3 unspecified atom stereocenters. The smallest absolute Gasteiger partial charge is 0.235 e. The first-order chi connectivity index (χ1) is 26.0. The SMILES string of the molecule is Cn1nc(C2CCC(=O)NC2=O)c2ccc(N3CCN(CC4CCN(c5ccc(C6c7ccccc7CCC6c6ccccc6)cc5)CC4)CC3)cc21. The Hall–Kier alpha value is -4.95. The Morgan fingerprint density at radius 1 is 0.698 bits per heavy atom. The van der Waals surface area contributed by atoms with Crippen LogP contribution in [0.25, 0.3) is 10.9 Å². The first kappa shape index (κ1) is 33.9. The fourth-order valence-corrected chi connectivity index (χ4v) is 9.73. The van der Waals surface area contributed by atoms with Gasteiger partial charge in [-0.05, 0) is 96.5 Å². The molecule has 3 atom stereocenters. The number of rotatable bonds is 7. The molecule has 5 aromatic rings. The van der Waals surface area contributed by atoms with Gasteiger partial charge in [0, 0.05) is 82.0 Å². The van der Waals surface area contributed by atoms with Gasteiger partial charge in [-0.25, -0.2) is 0 Å². The van der Waals surface area contributed by atoms with Crippen LogP contribution in [-0.4, -0.2) is 72.3 Å². The van der Waals surface area contributed by atoms with Gasteiger partial charge in [-0.1, -0.05) is 66.7 Å². The van der Waals surface area contributed by atoms with Crippen LogP contribution in [0.3, 0.4) is 0 Å². The van der Waals surface area contributed by atoms with Crippen LogP contribution in [0.4, 0.5) is 11.4 Å². The molecule has 3 aliphatic heterocycles. The van der Waals surface area contributed by atoms with Crippen molar-refractivity contribution in [2.75, 3.05) is 55.6 Å². The lowest BCUT2D eigenvalue weighted by atomic mass is 9.69. The summed E-state index contributed by atoms with van der Waals surface area (Å²) in [5.41, 5.74) is 10.3. The molecule has 4 aliphatic rings. The fraction of sp³-hybridized carbons (Fsp3) is 0.400. The summed E-state index contributed by atoms with van der Waals surface area (Å²) in [6.07, 6.45) is 5.68. The van der Waals surface area contributed by atoms with Gasteiger partial charge in [0.2, 0.25) is 11.8 Å². The largest absolute Gasteiger partial charge is 0.372 e. The molecule has 9 rings (SSSR count). The first-order valence-electron chi connectivity index (χ1n) is 19.7. The van der Waals surface area contributed by atoms with E-state index in [0.29, 0.717) is 24.7 Å². The molecule has 8 heteroatoms. The minimum atomic E-state index is -0.378. The van der Waals surface area contributed by atoms with Crippen LogP contribution in [0.1, 0.15) is 77.8 Å². The number of nitrogens with one attached hydrogen (secondary N) is 1. The Kier molecular flexibility index (Phi) is 9.24. The van der Waals surface area contributed by atoms with Gasteiger partial charge in [0.1, 0.15) is 0 Å². The summed E-state index contributed by atoms with van der Waals surface area (Å²) in [5, 5.41) is 8.22. The number of aromatic nitrogens is 2. The van der Waals surface area contributed by atoms with E-state index >= 15 is 0 Å². The number of hydrogen-bond donors (Lipinski definition) is 1. The van der Waals surface area contributed by atoms with Gasteiger partial charge in [-0.15, -0.1) is 0 Å². The number of carbonyl (C=O) groups is 2. The Balaban J connectivity index is 0.793. The number of benzene rings is 4. The van der Waals surface area contributed by atoms with Crippen LogP contribution >= 0.6 is 0 Å². The number of anilines is 2. The Morgan fingerprint density at radius 2 is 1.42 bits per heavy atom. The van der Waals surface area contributed by atoms with Gasteiger partial charge in [0.25, 0.3) is 0 Å². The topological polar surface area (TPSA) is 73.7 Å². The van der Waals surface area contributed by atoms with Crippen molar-refractivity contribution in [1.29, 1.82) is 0 Å². The zero-order valence-electron chi connectivity index (χ0n) is 30.8. The summed E-state index contributed by atoms with van der Waals surface area (Å²) in [4.78, 5) is 32.0. The van der Waals surface area contributed by atoms with E-state index in [4.69, 9.17) is 5.10 Å². The number of amides is 2. The molecular weight excluding hydrogens is 657 g/mol. The molecule has 1 N–H and O–H groups in total. The van der Waals surface area contributed by atoms with Crippen LogP contribution in [0.15, 0.2) is 97.1 Å². The number of nitrogens with zero attached hydrogens (tertiary/aromatic N) is 5. The monoisotopic (exact) mass is 706 g/mol. The number of aryl methyl sites for hydroxylation is 2. The van der Waals surface area contributed by atoms with Crippen molar-refractivity contribution in [2.45, 2.75) is 56.3 Å². The molecule has 53 heavy (non-hydrogen) atoms. The van der Waals surface area contributed by atoms with Crippen LogP contribution in [-0.2, 0) is 23.1 Å². The number of imide groups is 1. The molecule has 3 fully saturated rings. The first-order valence-corrected chi connectivity index (χ1v) is 19.7. The summed E-state index contributed by atoms with van der Waals surface area (Å²) in [6.45, 7) is 7.57. The summed E-state index contributed by atoms with van der Waals surface area (Å²) >= 11 is 0. The second-order valence-corrected chi connectivity index (χ2v) is 15.8. The van der Waals surface area contributed by atoms with Gasteiger partial charge in [-0.3, -0.25) is 24.5 Å². The van der Waals surface area contributed by atoms with Gasteiger partial charge < -0.3 is 9.80 Å². The predicted octanol–water partition coefficient (Wildman–Crippen LogP) is 6.99. The van der Waals surface area contributed by atoms with Gasteiger partial charge >= 0.3 is 0 Å². The average molecular weight is 707 g/mol. The number of carbonyl (C=O) groups excluding carboxylic acids is 2. The van der Waals surface area contributed by atoms with Gasteiger partial charge in [0.15, 0.2) is 0 Å². The van der Waals surface area contributed by atoms with Gasteiger partial charge in [0.05, 0.1) is 17.1 Å². The van der Waals surface area contributed by atoms with E-state index in [1.165, 1.54) is 59.4 Å². The van der Waals surface area contributed by atoms with E-state index in [0.717, 1.165) is 68.2 Å². The van der Waals surface area contributed by atoms with Gasteiger partial charge in [-0.2, -0.15) is 5.10 Å². The molecule has 8 nitrogen and oxygen atoms in total. The third kappa shape index (κ3) is 6.74. The predicted molar refractivity (Wildman–Crippen MR) is 212 cm³/mol. The van der Waals surface area contributed by atoms with E-state index in [2.05, 4.69) is 117 Å². The Bertz CT molecular complexity index is 2090. The maximum absolute atomic E-state index is 12.6. The van der Waals surface area contributed by atoms with Crippen LogP contribution in [0.5, 0.6) is 0 Å². The standard InChI is InChI=1S/C45H50N6O2/c1-48-41-29-36(16-18-39(41)44(47-48)40-19-20-42(52)46-45(40)53)51-27-25-49(26-28-51)30-31-21-23-50(24-22-31)35-14-11-34(12-15-35)43-37-10-6-5-9-33(37)13-17-38(43)32-7-3-2-4-8-32/h2-12,14-16,18,29,31,38,40,43H,13,17,19-28,30H2,1H3,(H,46,52,53). The lowest BCUT2D eigenvalue weighted by Crippen LogP contribution is -2.49. The van der Waals surface area contributed by atoms with Crippen molar-refractivity contribution in [1.82, 2.24) is 20.0 Å². The van der Waals surface area contributed by atoms with Crippen molar-refractivity contribution in [3.63, 3.8) is 0 Å². The van der Waals surface area contributed by atoms with E-state index in [1.807, 2.05) is 11.7 Å². The van der Waals surface area contributed by atoms with Crippen molar-refractivity contribution < 1.29 is 9.59 Å². The lowest BCUT2D eigenvalue weighted by Gasteiger charge is -2.40. The molecule has 272 valence electrons. The zero-order chi connectivity index (χ0) is 35.9. The summed E-state index contributed by atoms with van der Waals surface area (Å²) in [6, 6.07) is 36.3. The fourth-order valence-electron chi connectivity index (χ4n) is 9.73. The zero-order valence-corrected chi connectivity index (χ0v) is 30.8. The lowest BCUT2D eigenvalue weighted by molar-refractivity contribution is -0.134. The van der Waals surface area contributed by atoms with E-state index in [9.17, 15) is 9.59 Å². The summed E-state index contributed by atoms with van der Waals surface area (Å²) < 4.78 is 1.88. The molecular formula is C45H50N6O2. The highest BCUT2D eigenvalue weighted by molar-refractivity contribution is 6.02. The number of piperazine rings is 1. The van der Waals surface area contributed by atoms with E-state index in [1.54, 1.807) is 0 Å². The molecule has 3 saturated heterocycles. The molecule has 0 spiro atoms. The third-order valence-electron chi connectivity index (χ3n) is 12.7. The van der Waals surface area contributed by atoms with Crippen LogP contribution in [0, 0.1) is 5.92 Å². The Morgan fingerprint density at radius 3 is 2.19 bits per heavy atom. The minimum Gasteiger partial charge on any atom is -0.372 e. The van der Waals surface area contributed by atoms with Crippen molar-refractivity contribution in [3.05, 3.63) is 125 Å². The molecule has 4 heterocycles. The van der Waals surface area contributed by atoms with E-state index < -0.39 is 0 Å². The molecule has 1 aromatic heterocycles. The van der Waals surface area contributed by atoms with Crippen LogP contribution in [0.2, 0.25) is 0 Å². The van der Waals surface area contributed by atoms with Crippen LogP contribution < -0.4 is 15.1 Å².